The van der Waals surface area contributed by atoms with E-state index in [-0.39, 0.29) is 0 Å². The molecule has 1 aliphatic rings. The first kappa shape index (κ1) is 13.8. The maximum atomic E-state index is 6.03. The fourth-order valence-electron chi connectivity index (χ4n) is 2.72. The van der Waals surface area contributed by atoms with Gasteiger partial charge in [0.2, 0.25) is 0 Å². The average Bonchev–Trinajstić information content (AvgIpc) is 2.69. The van der Waals surface area contributed by atoms with Gasteiger partial charge in [0.1, 0.15) is 11.0 Å². The molecule has 0 radical (unpaired) electrons. The van der Waals surface area contributed by atoms with E-state index in [1.54, 1.807) is 6.20 Å². The van der Waals surface area contributed by atoms with Gasteiger partial charge in [-0.2, -0.15) is 0 Å². The van der Waals surface area contributed by atoms with Crippen molar-refractivity contribution in [3.05, 3.63) is 17.2 Å². The molecule has 1 heterocycles. The lowest BCUT2D eigenvalue weighted by molar-refractivity contribution is 0.145. The lowest BCUT2D eigenvalue weighted by Crippen LogP contribution is -2.40. The van der Waals surface area contributed by atoms with Crippen molar-refractivity contribution in [1.82, 2.24) is 14.5 Å². The van der Waals surface area contributed by atoms with Gasteiger partial charge in [-0.05, 0) is 32.2 Å². The Morgan fingerprint density at radius 3 is 2.61 bits per heavy atom. The van der Waals surface area contributed by atoms with E-state index in [1.165, 1.54) is 12.8 Å². The summed E-state index contributed by atoms with van der Waals surface area (Å²) in [6.45, 7) is 4.13. The van der Waals surface area contributed by atoms with E-state index in [0.29, 0.717) is 17.2 Å². The number of rotatable bonds is 4. The van der Waals surface area contributed by atoms with Crippen LogP contribution in [0.5, 0.6) is 0 Å². The third-order valence-electron chi connectivity index (χ3n) is 4.04. The molecule has 1 aromatic rings. The molecule has 1 fully saturated rings. The number of hydrogen-bond acceptors (Lipinski definition) is 3. The molecule has 18 heavy (non-hydrogen) atoms. The van der Waals surface area contributed by atoms with E-state index in [9.17, 15) is 0 Å². The van der Waals surface area contributed by atoms with Gasteiger partial charge in [-0.3, -0.25) is 4.90 Å². The van der Waals surface area contributed by atoms with Crippen molar-refractivity contribution < 1.29 is 0 Å². The number of imidazole rings is 1. The third kappa shape index (κ3) is 3.05. The van der Waals surface area contributed by atoms with Gasteiger partial charge in [0, 0.05) is 19.1 Å². The summed E-state index contributed by atoms with van der Waals surface area (Å²) in [4.78, 5) is 6.87. The summed E-state index contributed by atoms with van der Waals surface area (Å²) >= 11 is 6.03. The highest BCUT2D eigenvalue weighted by Crippen LogP contribution is 2.23. The van der Waals surface area contributed by atoms with Crippen LogP contribution in [0.15, 0.2) is 6.20 Å². The molecule has 2 rings (SSSR count). The van der Waals surface area contributed by atoms with Crippen molar-refractivity contribution in [1.29, 1.82) is 0 Å². The molecule has 4 nitrogen and oxygen atoms in total. The van der Waals surface area contributed by atoms with E-state index < -0.39 is 0 Å². The largest absolute Gasteiger partial charge is 0.328 e. The second-order valence-corrected chi connectivity index (χ2v) is 5.58. The fraction of sp³-hybridized carbons (Fsp3) is 0.769. The first-order valence-electron chi connectivity index (χ1n) is 6.77. The Morgan fingerprint density at radius 2 is 2.11 bits per heavy atom. The highest BCUT2D eigenvalue weighted by atomic mass is 35.5. The molecule has 1 aromatic heterocycles. The van der Waals surface area contributed by atoms with Crippen LogP contribution in [0.4, 0.5) is 0 Å². The van der Waals surface area contributed by atoms with Crippen LogP contribution < -0.4 is 5.73 Å². The topological polar surface area (TPSA) is 47.1 Å². The number of halogens is 1. The van der Waals surface area contributed by atoms with Gasteiger partial charge in [0.25, 0.3) is 0 Å². The monoisotopic (exact) mass is 270 g/mol. The molecule has 0 amide bonds. The Hall–Kier alpha value is -0.580. The van der Waals surface area contributed by atoms with Crippen LogP contribution in [0.25, 0.3) is 0 Å². The quantitative estimate of drug-likeness (QED) is 0.912. The van der Waals surface area contributed by atoms with Crippen molar-refractivity contribution in [2.75, 3.05) is 6.54 Å². The number of nitrogens with zero attached hydrogens (tertiary/aromatic N) is 3. The van der Waals surface area contributed by atoms with Gasteiger partial charge in [0.05, 0.1) is 12.7 Å². The summed E-state index contributed by atoms with van der Waals surface area (Å²) < 4.78 is 1.96. The van der Waals surface area contributed by atoms with Crippen LogP contribution in [-0.2, 0) is 13.6 Å². The number of aromatic nitrogens is 2. The van der Waals surface area contributed by atoms with Gasteiger partial charge in [-0.25, -0.2) is 4.98 Å². The molecule has 102 valence electrons. The van der Waals surface area contributed by atoms with Crippen LogP contribution >= 0.6 is 11.6 Å². The molecule has 0 atom stereocenters. The Kier molecular flexibility index (Phi) is 4.65. The molecule has 0 unspecified atom stereocenters. The van der Waals surface area contributed by atoms with E-state index in [0.717, 1.165) is 31.8 Å². The third-order valence-corrected chi connectivity index (χ3v) is 4.39. The standard InChI is InChI=1S/C13H23ClN4/c1-3-18(11-6-4-10(15)5-7-11)9-13-16-8-12(14)17(13)2/h8,10-11H,3-7,9,15H2,1-2H3. The molecule has 0 aromatic carbocycles. The Balaban J connectivity index is 1.99. The number of hydrogen-bond donors (Lipinski definition) is 1. The Bertz CT molecular complexity index is 382. The minimum atomic E-state index is 0.405. The first-order chi connectivity index (χ1) is 8.61. The lowest BCUT2D eigenvalue weighted by Gasteiger charge is -2.35. The van der Waals surface area contributed by atoms with E-state index >= 15 is 0 Å². The summed E-state index contributed by atoms with van der Waals surface area (Å²) in [5.74, 6) is 1.04. The van der Waals surface area contributed by atoms with Crippen molar-refractivity contribution in [2.24, 2.45) is 12.8 Å². The van der Waals surface area contributed by atoms with Gasteiger partial charge in [0.15, 0.2) is 0 Å². The smallest absolute Gasteiger partial charge is 0.128 e. The van der Waals surface area contributed by atoms with E-state index in [4.69, 9.17) is 17.3 Å². The van der Waals surface area contributed by atoms with Gasteiger partial charge in [-0.1, -0.05) is 18.5 Å². The summed E-state index contributed by atoms with van der Waals surface area (Å²) in [6.07, 6.45) is 6.41. The van der Waals surface area contributed by atoms with Crippen molar-refractivity contribution in [2.45, 2.75) is 51.2 Å². The highest BCUT2D eigenvalue weighted by molar-refractivity contribution is 6.29. The van der Waals surface area contributed by atoms with Gasteiger partial charge in [-0.15, -0.1) is 0 Å². The molecule has 5 heteroatoms. The highest BCUT2D eigenvalue weighted by Gasteiger charge is 2.24. The van der Waals surface area contributed by atoms with Crippen LogP contribution in [0.3, 0.4) is 0 Å². The SMILES string of the molecule is CCN(Cc1ncc(Cl)n1C)C1CCC(N)CC1. The molecular weight excluding hydrogens is 248 g/mol. The van der Waals surface area contributed by atoms with Gasteiger partial charge < -0.3 is 10.3 Å². The minimum Gasteiger partial charge on any atom is -0.328 e. The zero-order chi connectivity index (χ0) is 13.1. The second-order valence-electron chi connectivity index (χ2n) is 5.19. The maximum Gasteiger partial charge on any atom is 0.128 e. The van der Waals surface area contributed by atoms with Crippen molar-refractivity contribution in [3.8, 4) is 0 Å². The summed E-state index contributed by atoms with van der Waals surface area (Å²) in [5, 5.41) is 0.701. The molecule has 0 saturated heterocycles. The van der Waals surface area contributed by atoms with Crippen LogP contribution in [0.1, 0.15) is 38.4 Å². The first-order valence-corrected chi connectivity index (χ1v) is 7.15. The van der Waals surface area contributed by atoms with E-state index in [2.05, 4.69) is 16.8 Å². The van der Waals surface area contributed by atoms with Crippen LogP contribution in [-0.4, -0.2) is 33.1 Å². The summed E-state index contributed by atoms with van der Waals surface area (Å²) in [6, 6.07) is 1.05. The summed E-state index contributed by atoms with van der Waals surface area (Å²) in [5.41, 5.74) is 5.97. The predicted octanol–water partition coefficient (Wildman–Crippen LogP) is 2.17. The Morgan fingerprint density at radius 1 is 1.44 bits per heavy atom. The second kappa shape index (κ2) is 6.04. The molecular formula is C13H23ClN4. The normalized spacial score (nSPS) is 24.7. The average molecular weight is 271 g/mol. The molecule has 2 N–H and O–H groups in total. The van der Waals surface area contributed by atoms with Gasteiger partial charge >= 0.3 is 0 Å². The van der Waals surface area contributed by atoms with Crippen molar-refractivity contribution >= 4 is 11.6 Å². The van der Waals surface area contributed by atoms with E-state index in [1.807, 2.05) is 11.6 Å². The molecule has 1 saturated carbocycles. The fourth-order valence-corrected chi connectivity index (χ4v) is 2.87. The van der Waals surface area contributed by atoms with Crippen molar-refractivity contribution in [3.63, 3.8) is 0 Å². The number of nitrogens with two attached hydrogens (primary N) is 1. The molecule has 1 aliphatic carbocycles. The maximum absolute atomic E-state index is 6.03. The predicted molar refractivity (Wildman–Crippen MR) is 74.5 cm³/mol. The zero-order valence-corrected chi connectivity index (χ0v) is 12.0. The van der Waals surface area contributed by atoms with Crippen LogP contribution in [0.2, 0.25) is 5.15 Å². The summed E-state index contributed by atoms with van der Waals surface area (Å²) in [7, 11) is 1.97. The minimum absolute atomic E-state index is 0.405. The Labute approximate surface area is 114 Å². The van der Waals surface area contributed by atoms with Crippen LogP contribution in [0, 0.1) is 0 Å². The lowest BCUT2D eigenvalue weighted by atomic mass is 9.91. The molecule has 0 aliphatic heterocycles. The molecule has 0 bridgehead atoms. The molecule has 0 spiro atoms. The zero-order valence-electron chi connectivity index (χ0n) is 11.3.